The van der Waals surface area contributed by atoms with Gasteiger partial charge in [0, 0.05) is 10.9 Å². The van der Waals surface area contributed by atoms with E-state index in [2.05, 4.69) is 60.2 Å². The van der Waals surface area contributed by atoms with E-state index in [0.29, 0.717) is 5.41 Å². The fourth-order valence-electron chi connectivity index (χ4n) is 6.74. The number of hydrogen-bond donors (Lipinski definition) is 1. The van der Waals surface area contributed by atoms with Crippen LogP contribution in [-0.4, -0.2) is 17.4 Å². The molecule has 2 saturated carbocycles. The Hall–Kier alpha value is -0.0800. The first-order chi connectivity index (χ1) is 11.0. The van der Waals surface area contributed by atoms with Crippen LogP contribution in [-0.2, 0) is 0 Å². The number of piperidine rings is 1. The van der Waals surface area contributed by atoms with E-state index in [9.17, 15) is 0 Å². The Balaban J connectivity index is 1.62. The van der Waals surface area contributed by atoms with Crippen molar-refractivity contribution >= 4 is 15.9 Å². The summed E-state index contributed by atoms with van der Waals surface area (Å²) in [5, 5.41) is 3.86. The van der Waals surface area contributed by atoms with Crippen LogP contribution in [0.5, 0.6) is 0 Å². The van der Waals surface area contributed by atoms with E-state index in [4.69, 9.17) is 0 Å². The molecule has 0 spiro atoms. The summed E-state index contributed by atoms with van der Waals surface area (Å²) in [5.41, 5.74) is 2.01. The molecule has 1 aliphatic heterocycles. The summed E-state index contributed by atoms with van der Waals surface area (Å²) in [6.07, 6.45) is 13.8. The molecule has 0 amide bonds. The van der Waals surface area contributed by atoms with Crippen LogP contribution in [0.4, 0.5) is 0 Å². The smallest absolute Gasteiger partial charge is 0.0220 e. The molecule has 4 aliphatic rings. The molecule has 4 rings (SSSR count). The number of nitrogens with one attached hydrogen (secondary N) is 1. The van der Waals surface area contributed by atoms with Crippen LogP contribution in [0.1, 0.15) is 52.9 Å². The summed E-state index contributed by atoms with van der Waals surface area (Å²) in [6, 6.07) is 0.758. The molecule has 7 atom stereocenters. The molecule has 0 aromatic rings. The Morgan fingerprint density at radius 1 is 1.17 bits per heavy atom. The molecular weight excluding hydrogens is 346 g/mol. The van der Waals surface area contributed by atoms with Crippen LogP contribution >= 0.6 is 15.9 Å². The van der Waals surface area contributed by atoms with Gasteiger partial charge in [-0.25, -0.2) is 0 Å². The van der Waals surface area contributed by atoms with Gasteiger partial charge in [-0.3, -0.25) is 0 Å². The van der Waals surface area contributed by atoms with E-state index >= 15 is 0 Å². The largest absolute Gasteiger partial charge is 0.314 e. The third kappa shape index (κ3) is 2.59. The van der Waals surface area contributed by atoms with E-state index in [1.54, 1.807) is 5.57 Å². The zero-order chi connectivity index (χ0) is 16.2. The molecular formula is C21H32BrN. The number of alkyl halides is 1. The minimum atomic E-state index is 0.344. The lowest BCUT2D eigenvalue weighted by molar-refractivity contribution is 0.0756. The van der Waals surface area contributed by atoms with E-state index in [1.807, 2.05) is 0 Å². The SMILES string of the molecule is CC1CC2C(Br)C3CCCNC3CC2C1C(C)(C)C1=CC=CC1. The standard InChI is InChI=1S/C21H32BrN/c1-13-11-17-16(12-18-15(20(17)22)9-6-10-23-18)19(13)21(2,3)14-7-4-5-8-14/h4-5,7,13,15-20,23H,6,8-12H2,1-3H3. The van der Waals surface area contributed by atoms with Gasteiger partial charge in [0.15, 0.2) is 0 Å². The van der Waals surface area contributed by atoms with Crippen molar-refractivity contribution in [3.05, 3.63) is 23.8 Å². The summed E-state index contributed by atoms with van der Waals surface area (Å²) in [4.78, 5) is 0.734. The van der Waals surface area contributed by atoms with Gasteiger partial charge in [-0.15, -0.1) is 0 Å². The van der Waals surface area contributed by atoms with Crippen LogP contribution in [0.3, 0.4) is 0 Å². The van der Waals surface area contributed by atoms with E-state index in [0.717, 1.165) is 40.5 Å². The lowest BCUT2D eigenvalue weighted by Crippen LogP contribution is -2.53. The Morgan fingerprint density at radius 3 is 2.74 bits per heavy atom. The molecule has 7 unspecified atom stereocenters. The molecule has 0 radical (unpaired) electrons. The van der Waals surface area contributed by atoms with E-state index in [1.165, 1.54) is 38.6 Å². The van der Waals surface area contributed by atoms with Gasteiger partial charge in [0.25, 0.3) is 0 Å². The van der Waals surface area contributed by atoms with Gasteiger partial charge < -0.3 is 5.32 Å². The third-order valence-electron chi connectivity index (χ3n) is 7.68. The van der Waals surface area contributed by atoms with Crippen molar-refractivity contribution in [2.45, 2.75) is 63.7 Å². The minimum absolute atomic E-state index is 0.344. The Bertz CT molecular complexity index is 520. The summed E-state index contributed by atoms with van der Waals surface area (Å²) in [6.45, 7) is 8.82. The van der Waals surface area contributed by atoms with E-state index < -0.39 is 0 Å². The third-order valence-corrected chi connectivity index (χ3v) is 9.04. The summed E-state index contributed by atoms with van der Waals surface area (Å²) < 4.78 is 0. The van der Waals surface area contributed by atoms with Gasteiger partial charge in [-0.1, -0.05) is 60.5 Å². The molecule has 0 bridgehead atoms. The molecule has 1 saturated heterocycles. The maximum atomic E-state index is 4.18. The number of allylic oxidation sites excluding steroid dienone is 4. The Kier molecular flexibility index (Phi) is 4.29. The molecule has 1 N–H and O–H groups in total. The second-order valence-corrected chi connectivity index (χ2v) is 10.2. The van der Waals surface area contributed by atoms with Gasteiger partial charge in [0.05, 0.1) is 0 Å². The first kappa shape index (κ1) is 16.4. The van der Waals surface area contributed by atoms with Crippen molar-refractivity contribution in [1.29, 1.82) is 0 Å². The average Bonchev–Trinajstić information content (AvgIpc) is 3.15. The number of rotatable bonds is 2. The Labute approximate surface area is 150 Å². The van der Waals surface area contributed by atoms with Gasteiger partial charge in [-0.2, -0.15) is 0 Å². The quantitative estimate of drug-likeness (QED) is 0.641. The van der Waals surface area contributed by atoms with Crippen molar-refractivity contribution in [2.24, 2.45) is 35.0 Å². The van der Waals surface area contributed by atoms with Crippen molar-refractivity contribution in [3.63, 3.8) is 0 Å². The zero-order valence-electron chi connectivity index (χ0n) is 14.9. The molecule has 128 valence electrons. The van der Waals surface area contributed by atoms with Gasteiger partial charge >= 0.3 is 0 Å². The van der Waals surface area contributed by atoms with Crippen LogP contribution in [0, 0.1) is 35.0 Å². The van der Waals surface area contributed by atoms with Crippen molar-refractivity contribution in [1.82, 2.24) is 5.32 Å². The second-order valence-electron chi connectivity index (χ2n) is 9.16. The van der Waals surface area contributed by atoms with Gasteiger partial charge in [0.1, 0.15) is 0 Å². The van der Waals surface area contributed by atoms with Crippen LogP contribution in [0.15, 0.2) is 23.8 Å². The molecule has 0 aromatic carbocycles. The molecule has 2 heteroatoms. The fraction of sp³-hybridized carbons (Fsp3) is 0.810. The van der Waals surface area contributed by atoms with Crippen LogP contribution in [0.2, 0.25) is 0 Å². The van der Waals surface area contributed by atoms with Gasteiger partial charge in [-0.05, 0) is 73.7 Å². The highest BCUT2D eigenvalue weighted by Crippen LogP contribution is 2.60. The Morgan fingerprint density at radius 2 is 2.00 bits per heavy atom. The van der Waals surface area contributed by atoms with E-state index in [-0.39, 0.29) is 0 Å². The van der Waals surface area contributed by atoms with Crippen LogP contribution in [0.25, 0.3) is 0 Å². The topological polar surface area (TPSA) is 12.0 Å². The van der Waals surface area contributed by atoms with Crippen molar-refractivity contribution < 1.29 is 0 Å². The molecule has 1 nitrogen and oxygen atoms in total. The average molecular weight is 378 g/mol. The maximum Gasteiger partial charge on any atom is 0.0220 e. The second kappa shape index (κ2) is 6.02. The molecule has 3 fully saturated rings. The predicted molar refractivity (Wildman–Crippen MR) is 102 cm³/mol. The highest BCUT2D eigenvalue weighted by Gasteiger charge is 2.55. The number of fused-ring (bicyclic) bond motifs is 2. The normalized spacial score (nSPS) is 46.4. The summed E-state index contributed by atoms with van der Waals surface area (Å²) in [5.74, 6) is 4.33. The lowest BCUT2D eigenvalue weighted by atomic mass is 9.60. The highest BCUT2D eigenvalue weighted by atomic mass is 79.9. The highest BCUT2D eigenvalue weighted by molar-refractivity contribution is 9.09. The van der Waals surface area contributed by atoms with Gasteiger partial charge in [0.2, 0.25) is 0 Å². The summed E-state index contributed by atoms with van der Waals surface area (Å²) >= 11 is 4.18. The molecule has 1 heterocycles. The summed E-state index contributed by atoms with van der Waals surface area (Å²) in [7, 11) is 0. The minimum Gasteiger partial charge on any atom is -0.314 e. The van der Waals surface area contributed by atoms with Crippen LogP contribution < -0.4 is 5.32 Å². The maximum absolute atomic E-state index is 4.18. The fourth-order valence-corrected chi connectivity index (χ4v) is 7.98. The monoisotopic (exact) mass is 377 g/mol. The number of halogens is 1. The molecule has 0 aromatic heterocycles. The van der Waals surface area contributed by atoms with Crippen molar-refractivity contribution in [2.75, 3.05) is 6.54 Å². The lowest BCUT2D eigenvalue weighted by Gasteiger charge is -2.49. The number of hydrogen-bond acceptors (Lipinski definition) is 1. The molecule has 23 heavy (non-hydrogen) atoms. The zero-order valence-corrected chi connectivity index (χ0v) is 16.5. The first-order valence-electron chi connectivity index (χ1n) is 9.73. The first-order valence-corrected chi connectivity index (χ1v) is 10.7. The van der Waals surface area contributed by atoms with Crippen molar-refractivity contribution in [3.8, 4) is 0 Å². The predicted octanol–water partition coefficient (Wildman–Crippen LogP) is 5.32. The molecule has 3 aliphatic carbocycles.